The molecule has 1 fully saturated rings. The SMILES string of the molecule is Cc1nc(N)cc(OC(I)C2CCCCCCCC2)c1C. The van der Waals surface area contributed by atoms with Gasteiger partial charge in [-0.1, -0.05) is 38.5 Å². The lowest BCUT2D eigenvalue weighted by atomic mass is 9.98. The van der Waals surface area contributed by atoms with E-state index < -0.39 is 0 Å². The summed E-state index contributed by atoms with van der Waals surface area (Å²) in [5.41, 5.74) is 7.92. The largest absolute Gasteiger partial charge is 0.479 e. The van der Waals surface area contributed by atoms with Crippen molar-refractivity contribution in [2.75, 3.05) is 5.73 Å². The smallest absolute Gasteiger partial charge is 0.152 e. The van der Waals surface area contributed by atoms with Gasteiger partial charge in [0.2, 0.25) is 0 Å². The minimum atomic E-state index is 0.223. The fraction of sp³-hybridized carbons (Fsp3) is 0.706. The molecule has 0 aromatic carbocycles. The molecule has 21 heavy (non-hydrogen) atoms. The van der Waals surface area contributed by atoms with Crippen LogP contribution in [0.25, 0.3) is 0 Å². The van der Waals surface area contributed by atoms with E-state index in [0.29, 0.717) is 11.7 Å². The molecule has 0 amide bonds. The van der Waals surface area contributed by atoms with Crippen molar-refractivity contribution in [2.24, 2.45) is 5.92 Å². The van der Waals surface area contributed by atoms with Crippen molar-refractivity contribution in [3.8, 4) is 5.75 Å². The number of nitrogens with zero attached hydrogens (tertiary/aromatic N) is 1. The molecule has 2 N–H and O–H groups in total. The van der Waals surface area contributed by atoms with Gasteiger partial charge in [0, 0.05) is 23.2 Å². The van der Waals surface area contributed by atoms with E-state index in [0.717, 1.165) is 17.0 Å². The molecule has 0 radical (unpaired) electrons. The standard InChI is InChI=1S/C17H27IN2O/c1-12-13(2)20-16(19)11-15(12)21-17(18)14-9-7-5-3-4-6-8-10-14/h11,14,17H,3-10H2,1-2H3,(H2,19,20). The van der Waals surface area contributed by atoms with Gasteiger partial charge >= 0.3 is 0 Å². The minimum absolute atomic E-state index is 0.223. The van der Waals surface area contributed by atoms with Gasteiger partial charge in [-0.15, -0.1) is 0 Å². The van der Waals surface area contributed by atoms with Crippen LogP contribution in [0.4, 0.5) is 5.82 Å². The second-order valence-electron chi connectivity index (χ2n) is 6.18. The van der Waals surface area contributed by atoms with Crippen LogP contribution in [0, 0.1) is 19.8 Å². The molecule has 0 spiro atoms. The summed E-state index contributed by atoms with van der Waals surface area (Å²) < 4.78 is 6.47. The number of ether oxygens (including phenoxy) is 1. The number of aromatic nitrogens is 1. The summed E-state index contributed by atoms with van der Waals surface area (Å²) in [4.78, 5) is 4.29. The average molecular weight is 402 g/mol. The van der Waals surface area contributed by atoms with Crippen LogP contribution in [0.3, 0.4) is 0 Å². The van der Waals surface area contributed by atoms with Crippen LogP contribution >= 0.6 is 22.6 Å². The molecule has 1 unspecified atom stereocenters. The number of halogens is 1. The fourth-order valence-corrected chi connectivity index (χ4v) is 3.99. The third-order valence-corrected chi connectivity index (χ3v) is 5.77. The molecule has 1 aromatic heterocycles. The van der Waals surface area contributed by atoms with Crippen molar-refractivity contribution in [2.45, 2.75) is 69.3 Å². The van der Waals surface area contributed by atoms with Crippen LogP contribution in [0.2, 0.25) is 0 Å². The molecule has 4 heteroatoms. The summed E-state index contributed by atoms with van der Waals surface area (Å²) in [6, 6.07) is 1.86. The van der Waals surface area contributed by atoms with E-state index in [1.807, 2.05) is 13.0 Å². The molecular formula is C17H27IN2O. The Morgan fingerprint density at radius 3 is 2.33 bits per heavy atom. The first kappa shape index (κ1) is 16.8. The van der Waals surface area contributed by atoms with Gasteiger partial charge in [0.05, 0.1) is 0 Å². The van der Waals surface area contributed by atoms with Crippen LogP contribution in [0.15, 0.2) is 6.07 Å². The molecule has 1 heterocycles. The number of pyridine rings is 1. The zero-order valence-corrected chi connectivity index (χ0v) is 15.4. The minimum Gasteiger partial charge on any atom is -0.479 e. The van der Waals surface area contributed by atoms with E-state index in [-0.39, 0.29) is 4.11 Å². The predicted octanol–water partition coefficient (Wildman–Crippen LogP) is 5.17. The summed E-state index contributed by atoms with van der Waals surface area (Å²) >= 11 is 2.46. The highest BCUT2D eigenvalue weighted by molar-refractivity contribution is 14.1. The lowest BCUT2D eigenvalue weighted by molar-refractivity contribution is 0.208. The molecule has 1 aromatic rings. The molecule has 0 saturated heterocycles. The lowest BCUT2D eigenvalue weighted by Gasteiger charge is -2.24. The number of aryl methyl sites for hydroxylation is 1. The van der Waals surface area contributed by atoms with Crippen LogP contribution in [0.5, 0.6) is 5.75 Å². The van der Waals surface area contributed by atoms with Gasteiger partial charge in [-0.2, -0.15) is 0 Å². The van der Waals surface area contributed by atoms with E-state index in [1.54, 1.807) is 0 Å². The van der Waals surface area contributed by atoms with Gasteiger partial charge in [-0.05, 0) is 49.3 Å². The third kappa shape index (κ3) is 5.01. The number of anilines is 1. The topological polar surface area (TPSA) is 48.1 Å². The first-order chi connectivity index (χ1) is 10.1. The molecule has 1 aliphatic rings. The summed E-state index contributed by atoms with van der Waals surface area (Å²) in [5.74, 6) is 2.10. The molecule has 1 aliphatic carbocycles. The zero-order valence-electron chi connectivity index (χ0n) is 13.2. The van der Waals surface area contributed by atoms with Gasteiger partial charge in [0.25, 0.3) is 0 Å². The molecule has 0 aliphatic heterocycles. The Balaban J connectivity index is 2.03. The number of hydrogen-bond donors (Lipinski definition) is 1. The zero-order chi connectivity index (χ0) is 15.2. The van der Waals surface area contributed by atoms with Crippen LogP contribution < -0.4 is 10.5 Å². The van der Waals surface area contributed by atoms with Crippen LogP contribution in [-0.2, 0) is 0 Å². The highest BCUT2D eigenvalue weighted by atomic mass is 127. The molecule has 1 saturated carbocycles. The highest BCUT2D eigenvalue weighted by Gasteiger charge is 2.22. The van der Waals surface area contributed by atoms with Crippen molar-refractivity contribution in [1.29, 1.82) is 0 Å². The second-order valence-corrected chi connectivity index (χ2v) is 7.41. The van der Waals surface area contributed by atoms with Crippen LogP contribution in [-0.4, -0.2) is 9.09 Å². The summed E-state index contributed by atoms with van der Waals surface area (Å²) in [6.07, 6.45) is 10.8. The number of hydrogen-bond acceptors (Lipinski definition) is 3. The van der Waals surface area contributed by atoms with Gasteiger partial charge in [0.15, 0.2) is 4.11 Å². The first-order valence-electron chi connectivity index (χ1n) is 8.12. The normalized spacial score (nSPS) is 19.4. The number of nitrogens with two attached hydrogens (primary N) is 1. The Kier molecular flexibility index (Phi) is 6.58. The monoisotopic (exact) mass is 402 g/mol. The van der Waals surface area contributed by atoms with E-state index in [4.69, 9.17) is 10.5 Å². The Morgan fingerprint density at radius 2 is 1.71 bits per heavy atom. The fourth-order valence-electron chi connectivity index (χ4n) is 3.00. The molecule has 0 bridgehead atoms. The predicted molar refractivity (Wildman–Crippen MR) is 97.0 cm³/mol. The van der Waals surface area contributed by atoms with E-state index in [1.165, 1.54) is 51.4 Å². The summed E-state index contributed by atoms with van der Waals surface area (Å²) in [7, 11) is 0. The quantitative estimate of drug-likeness (QED) is 0.561. The van der Waals surface area contributed by atoms with Gasteiger partial charge in [0.1, 0.15) is 11.6 Å². The molecular weight excluding hydrogens is 375 g/mol. The molecule has 2 rings (SSSR count). The third-order valence-electron chi connectivity index (χ3n) is 4.50. The highest BCUT2D eigenvalue weighted by Crippen LogP contribution is 2.32. The Morgan fingerprint density at radius 1 is 1.14 bits per heavy atom. The maximum atomic E-state index is 6.25. The average Bonchev–Trinajstić information content (AvgIpc) is 2.57. The van der Waals surface area contributed by atoms with E-state index >= 15 is 0 Å². The first-order valence-corrected chi connectivity index (χ1v) is 9.37. The Bertz CT molecular complexity index is 454. The molecule has 3 nitrogen and oxygen atoms in total. The summed E-state index contributed by atoms with van der Waals surface area (Å²) in [6.45, 7) is 4.05. The molecule has 1 atom stereocenters. The van der Waals surface area contributed by atoms with Crippen molar-refractivity contribution >= 4 is 28.4 Å². The van der Waals surface area contributed by atoms with Gasteiger partial charge < -0.3 is 10.5 Å². The lowest BCUT2D eigenvalue weighted by Crippen LogP contribution is -2.21. The summed E-state index contributed by atoms with van der Waals surface area (Å²) in [5, 5.41) is 0. The van der Waals surface area contributed by atoms with E-state index in [9.17, 15) is 0 Å². The maximum absolute atomic E-state index is 6.25. The van der Waals surface area contributed by atoms with E-state index in [2.05, 4.69) is 34.5 Å². The maximum Gasteiger partial charge on any atom is 0.152 e. The van der Waals surface area contributed by atoms with Gasteiger partial charge in [-0.25, -0.2) is 4.98 Å². The van der Waals surface area contributed by atoms with Crippen molar-refractivity contribution < 1.29 is 4.74 Å². The van der Waals surface area contributed by atoms with Crippen molar-refractivity contribution in [3.63, 3.8) is 0 Å². The Labute approximate surface area is 142 Å². The van der Waals surface area contributed by atoms with Crippen molar-refractivity contribution in [3.05, 3.63) is 17.3 Å². The molecule has 118 valence electrons. The van der Waals surface area contributed by atoms with Crippen LogP contribution in [0.1, 0.15) is 62.6 Å². The number of rotatable bonds is 3. The number of alkyl halides is 1. The second kappa shape index (κ2) is 8.20. The number of nitrogen functional groups attached to an aromatic ring is 1. The van der Waals surface area contributed by atoms with Crippen molar-refractivity contribution in [1.82, 2.24) is 4.98 Å². The Hall–Kier alpha value is -0.520. The van der Waals surface area contributed by atoms with Gasteiger partial charge in [-0.3, -0.25) is 0 Å².